The van der Waals surface area contributed by atoms with E-state index in [4.69, 9.17) is 9.47 Å². The van der Waals surface area contributed by atoms with E-state index in [1.807, 2.05) is 20.8 Å². The molecule has 0 atom stereocenters. The summed E-state index contributed by atoms with van der Waals surface area (Å²) in [4.78, 5) is 26.1. The van der Waals surface area contributed by atoms with E-state index in [2.05, 4.69) is 25.7 Å². The molecule has 0 aromatic carbocycles. The maximum atomic E-state index is 12.7. The number of esters is 1. The Balaban J connectivity index is 4.63. The SMILES string of the molecule is C=C(CCCCCCCCCCCC)S/C(NC(=O)OCCCCCCCC)=C(\C)C(=O)OC(C)(C)C. The number of carbonyl (C=O) groups excluding carboxylic acids is 2. The zero-order chi connectivity index (χ0) is 27.9. The van der Waals surface area contributed by atoms with E-state index in [1.165, 1.54) is 88.8 Å². The highest BCUT2D eigenvalue weighted by Gasteiger charge is 2.22. The van der Waals surface area contributed by atoms with Crippen LogP contribution >= 0.6 is 11.8 Å². The van der Waals surface area contributed by atoms with Gasteiger partial charge in [-0.15, -0.1) is 0 Å². The van der Waals surface area contributed by atoms with Crippen molar-refractivity contribution in [2.75, 3.05) is 6.61 Å². The van der Waals surface area contributed by atoms with E-state index >= 15 is 0 Å². The predicted octanol–water partition coefficient (Wildman–Crippen LogP) is 10.2. The van der Waals surface area contributed by atoms with Crippen molar-refractivity contribution >= 4 is 23.8 Å². The van der Waals surface area contributed by atoms with Crippen molar-refractivity contribution in [1.29, 1.82) is 0 Å². The highest BCUT2D eigenvalue weighted by Crippen LogP contribution is 2.30. The molecule has 0 aliphatic rings. The van der Waals surface area contributed by atoms with Crippen LogP contribution in [0.2, 0.25) is 0 Å². The Bertz CT molecular complexity index is 667. The van der Waals surface area contributed by atoms with E-state index in [0.717, 1.165) is 37.0 Å². The molecule has 0 aliphatic heterocycles. The number of unbranched alkanes of at least 4 members (excludes halogenated alkanes) is 14. The molecule has 5 nitrogen and oxygen atoms in total. The van der Waals surface area contributed by atoms with Crippen LogP contribution in [0.1, 0.15) is 151 Å². The first-order valence-corrected chi connectivity index (χ1v) is 15.7. The minimum atomic E-state index is -0.612. The van der Waals surface area contributed by atoms with Gasteiger partial charge in [-0.2, -0.15) is 0 Å². The Hall–Kier alpha value is -1.43. The van der Waals surface area contributed by atoms with E-state index in [-0.39, 0.29) is 0 Å². The second-order valence-corrected chi connectivity index (χ2v) is 12.2. The average Bonchev–Trinajstić information content (AvgIpc) is 2.82. The molecule has 0 spiro atoms. The Labute approximate surface area is 233 Å². The van der Waals surface area contributed by atoms with Crippen molar-refractivity contribution < 1.29 is 19.1 Å². The number of hydrogen-bond acceptors (Lipinski definition) is 5. The number of rotatable bonds is 22. The normalized spacial score (nSPS) is 12.2. The molecule has 0 bridgehead atoms. The predicted molar refractivity (Wildman–Crippen MR) is 160 cm³/mol. The lowest BCUT2D eigenvalue weighted by Crippen LogP contribution is -2.28. The molecule has 0 saturated heterocycles. The second kappa shape index (κ2) is 22.5. The summed E-state index contributed by atoms with van der Waals surface area (Å²) in [5, 5.41) is 3.23. The number of carbonyl (C=O) groups is 2. The largest absolute Gasteiger partial charge is 0.457 e. The molecule has 0 radical (unpaired) electrons. The monoisotopic (exact) mass is 539 g/mol. The van der Waals surface area contributed by atoms with Gasteiger partial charge < -0.3 is 9.47 Å². The molecular formula is C31H57NO4S. The van der Waals surface area contributed by atoms with E-state index in [1.54, 1.807) is 6.92 Å². The highest BCUT2D eigenvalue weighted by molar-refractivity contribution is 8.06. The topological polar surface area (TPSA) is 64.6 Å². The number of nitrogens with one attached hydrogen (secondary N) is 1. The van der Waals surface area contributed by atoms with Crippen LogP contribution in [0.3, 0.4) is 0 Å². The third-order valence-electron chi connectivity index (χ3n) is 6.05. The summed E-state index contributed by atoms with van der Waals surface area (Å²) in [6.45, 7) is 16.2. The molecule has 0 heterocycles. The van der Waals surface area contributed by atoms with Gasteiger partial charge in [0.15, 0.2) is 0 Å². The molecule has 0 rings (SSSR count). The first kappa shape index (κ1) is 35.6. The van der Waals surface area contributed by atoms with Gasteiger partial charge >= 0.3 is 12.1 Å². The fourth-order valence-corrected chi connectivity index (χ4v) is 4.73. The zero-order valence-electron chi connectivity index (χ0n) is 25.0. The Morgan fingerprint density at radius 3 is 1.70 bits per heavy atom. The van der Waals surface area contributed by atoms with Crippen LogP contribution in [0, 0.1) is 0 Å². The van der Waals surface area contributed by atoms with Crippen LogP contribution in [0.5, 0.6) is 0 Å². The fourth-order valence-electron chi connectivity index (χ4n) is 3.82. The number of thioether (sulfide) groups is 1. The van der Waals surface area contributed by atoms with Gasteiger partial charge in [0.05, 0.1) is 17.2 Å². The van der Waals surface area contributed by atoms with Crippen LogP contribution in [-0.2, 0) is 14.3 Å². The summed E-state index contributed by atoms with van der Waals surface area (Å²) < 4.78 is 10.9. The van der Waals surface area contributed by atoms with Gasteiger partial charge in [-0.3, -0.25) is 5.32 Å². The van der Waals surface area contributed by atoms with Crippen LogP contribution < -0.4 is 5.32 Å². The van der Waals surface area contributed by atoms with Gasteiger partial charge in [0, 0.05) is 0 Å². The van der Waals surface area contributed by atoms with Crippen molar-refractivity contribution in [2.45, 2.75) is 156 Å². The van der Waals surface area contributed by atoms with Crippen LogP contribution in [-0.4, -0.2) is 24.3 Å². The van der Waals surface area contributed by atoms with Crippen LogP contribution in [0.15, 0.2) is 22.1 Å². The number of alkyl carbamates (subject to hydrolysis) is 1. The Morgan fingerprint density at radius 1 is 0.757 bits per heavy atom. The van der Waals surface area contributed by atoms with Crippen molar-refractivity contribution in [3.63, 3.8) is 0 Å². The fraction of sp³-hybridized carbons (Fsp3) is 0.806. The van der Waals surface area contributed by atoms with E-state index in [9.17, 15) is 9.59 Å². The van der Waals surface area contributed by atoms with Crippen molar-refractivity contribution in [3.05, 3.63) is 22.1 Å². The van der Waals surface area contributed by atoms with Crippen molar-refractivity contribution in [1.82, 2.24) is 5.32 Å². The van der Waals surface area contributed by atoms with Gasteiger partial charge in [-0.25, -0.2) is 9.59 Å². The Morgan fingerprint density at radius 2 is 1.22 bits per heavy atom. The molecule has 6 heteroatoms. The number of amides is 1. The first-order chi connectivity index (χ1) is 17.6. The maximum absolute atomic E-state index is 12.7. The molecule has 1 amide bonds. The smallest absolute Gasteiger partial charge is 0.412 e. The zero-order valence-corrected chi connectivity index (χ0v) is 25.8. The summed E-state index contributed by atoms with van der Waals surface area (Å²) in [7, 11) is 0. The van der Waals surface area contributed by atoms with Gasteiger partial charge in [-0.05, 0) is 51.9 Å². The molecule has 216 valence electrons. The van der Waals surface area contributed by atoms with Gasteiger partial charge in [0.25, 0.3) is 0 Å². The molecular weight excluding hydrogens is 482 g/mol. The molecule has 0 unspecified atom stereocenters. The van der Waals surface area contributed by atoms with Crippen LogP contribution in [0.4, 0.5) is 4.79 Å². The summed E-state index contributed by atoms with van der Waals surface area (Å²) in [5.41, 5.74) is -0.250. The lowest BCUT2D eigenvalue weighted by atomic mass is 10.1. The molecule has 0 saturated carbocycles. The standard InChI is InChI=1S/C31H57NO4S/c1-8-10-12-14-16-17-18-19-20-22-24-26(3)37-28(27(4)29(33)36-31(5,6)7)32-30(34)35-25-23-21-15-13-11-9-2/h3,8-25H2,1-2,4-7H3,(H,32,34)/b28-27+. The summed E-state index contributed by atoms with van der Waals surface area (Å²) in [6.07, 6.45) is 19.9. The number of ether oxygens (including phenoxy) is 2. The van der Waals surface area contributed by atoms with E-state index in [0.29, 0.717) is 17.2 Å². The summed E-state index contributed by atoms with van der Waals surface area (Å²) >= 11 is 1.34. The van der Waals surface area contributed by atoms with Crippen molar-refractivity contribution in [2.24, 2.45) is 0 Å². The molecule has 0 aliphatic carbocycles. The lowest BCUT2D eigenvalue weighted by molar-refractivity contribution is -0.149. The molecule has 1 N–H and O–H groups in total. The van der Waals surface area contributed by atoms with Gasteiger partial charge in [-0.1, -0.05) is 122 Å². The summed E-state index contributed by atoms with van der Waals surface area (Å²) in [6, 6.07) is 0. The molecule has 0 aromatic rings. The minimum Gasteiger partial charge on any atom is -0.457 e. The van der Waals surface area contributed by atoms with Gasteiger partial charge in [0.1, 0.15) is 5.60 Å². The van der Waals surface area contributed by atoms with E-state index < -0.39 is 17.7 Å². The number of allylic oxidation sites excluding steroid dienone is 1. The maximum Gasteiger partial charge on any atom is 0.412 e. The third-order valence-corrected chi connectivity index (χ3v) is 7.15. The second-order valence-electron chi connectivity index (χ2n) is 11.1. The number of hydrogen-bond donors (Lipinski definition) is 1. The first-order valence-electron chi connectivity index (χ1n) is 14.8. The van der Waals surface area contributed by atoms with Crippen LogP contribution in [0.25, 0.3) is 0 Å². The quantitative estimate of drug-likeness (QED) is 0.0842. The molecule has 0 fully saturated rings. The third kappa shape index (κ3) is 22.3. The Kier molecular flexibility index (Phi) is 21.7. The minimum absolute atomic E-state index is 0.362. The van der Waals surface area contributed by atoms with Crippen molar-refractivity contribution in [3.8, 4) is 0 Å². The lowest BCUT2D eigenvalue weighted by Gasteiger charge is -2.21. The van der Waals surface area contributed by atoms with Gasteiger partial charge in [0.2, 0.25) is 0 Å². The average molecular weight is 540 g/mol. The highest BCUT2D eigenvalue weighted by atomic mass is 32.2. The summed E-state index contributed by atoms with van der Waals surface area (Å²) in [5.74, 6) is -0.446. The molecule has 37 heavy (non-hydrogen) atoms. The molecule has 0 aromatic heterocycles.